The minimum atomic E-state index is -0.565. The highest BCUT2D eigenvalue weighted by atomic mass is 16.6. The van der Waals surface area contributed by atoms with Gasteiger partial charge in [0, 0.05) is 43.2 Å². The fourth-order valence-corrected chi connectivity index (χ4v) is 5.65. The van der Waals surface area contributed by atoms with E-state index in [0.717, 1.165) is 53.0 Å². The highest BCUT2D eigenvalue weighted by molar-refractivity contribution is 6.10. The van der Waals surface area contributed by atoms with E-state index < -0.39 is 5.60 Å². The van der Waals surface area contributed by atoms with Gasteiger partial charge < -0.3 is 19.3 Å². The molecule has 2 rings (SSSR count). The van der Waals surface area contributed by atoms with Crippen molar-refractivity contribution in [3.8, 4) is 6.07 Å². The summed E-state index contributed by atoms with van der Waals surface area (Å²) in [7, 11) is 1.77. The number of rotatable bonds is 13. The first-order valence-electron chi connectivity index (χ1n) is 16.6. The predicted octanol–water partition coefficient (Wildman–Crippen LogP) is 9.54. The van der Waals surface area contributed by atoms with Crippen molar-refractivity contribution >= 4 is 11.9 Å². The molecule has 254 valence electrons. The van der Waals surface area contributed by atoms with Crippen LogP contribution in [0.3, 0.4) is 0 Å². The summed E-state index contributed by atoms with van der Waals surface area (Å²) in [6, 6.07) is 2.23. The van der Waals surface area contributed by atoms with Crippen molar-refractivity contribution in [2.75, 3.05) is 26.7 Å². The summed E-state index contributed by atoms with van der Waals surface area (Å²) in [5.41, 5.74) is 6.56. The second-order valence-corrected chi connectivity index (χ2v) is 13.5. The summed E-state index contributed by atoms with van der Waals surface area (Å²) in [5.74, 6) is 1.03. The Kier molecular flexibility index (Phi) is 15.2. The van der Waals surface area contributed by atoms with Crippen molar-refractivity contribution in [1.29, 1.82) is 5.26 Å². The summed E-state index contributed by atoms with van der Waals surface area (Å²) in [6.07, 6.45) is 14.9. The monoisotopic (exact) mass is 640 g/mol. The normalized spacial score (nSPS) is 20.8. The van der Waals surface area contributed by atoms with E-state index >= 15 is 0 Å². The first-order valence-corrected chi connectivity index (χ1v) is 16.6. The largest absolute Gasteiger partial charge is 0.444 e. The molecule has 0 unspecified atom stereocenters. The van der Waals surface area contributed by atoms with Gasteiger partial charge in [-0.05, 0) is 108 Å². The molecule has 0 spiro atoms. The van der Waals surface area contributed by atoms with E-state index in [2.05, 4.69) is 65.4 Å². The smallest absolute Gasteiger partial charge is 0.410 e. The van der Waals surface area contributed by atoms with E-state index in [1.165, 1.54) is 5.57 Å². The number of amidine groups is 1. The third-order valence-corrected chi connectivity index (χ3v) is 7.66. The average Bonchev–Trinajstić information content (AvgIpc) is 3.34. The summed E-state index contributed by atoms with van der Waals surface area (Å²) in [6.45, 7) is 32.6. The highest BCUT2D eigenvalue weighted by Crippen LogP contribution is 2.41. The molecule has 7 heteroatoms. The van der Waals surface area contributed by atoms with E-state index in [9.17, 15) is 10.1 Å². The van der Waals surface area contributed by atoms with Gasteiger partial charge in [0.25, 0.3) is 0 Å². The quantitative estimate of drug-likeness (QED) is 0.148. The molecule has 0 saturated carbocycles. The summed E-state index contributed by atoms with van der Waals surface area (Å²) >= 11 is 0. The molecule has 1 atom stereocenters. The molecule has 7 nitrogen and oxygen atoms in total. The van der Waals surface area contributed by atoms with Gasteiger partial charge in [-0.1, -0.05) is 57.9 Å². The number of ether oxygens (including phenoxy) is 2. The molecule has 0 aromatic heterocycles. The molecule has 2 aliphatic heterocycles. The van der Waals surface area contributed by atoms with Crippen LogP contribution in [0.25, 0.3) is 0 Å². The van der Waals surface area contributed by atoms with Crippen molar-refractivity contribution < 1.29 is 14.3 Å². The Morgan fingerprint density at radius 1 is 1.30 bits per heavy atom. The number of amides is 1. The molecule has 1 amide bonds. The van der Waals surface area contributed by atoms with Crippen LogP contribution in [0.2, 0.25) is 0 Å². The minimum absolute atomic E-state index is 0.156. The maximum Gasteiger partial charge on any atom is 0.410 e. The van der Waals surface area contributed by atoms with Gasteiger partial charge in [0.15, 0.2) is 0 Å². The molecule has 0 bridgehead atoms. The fraction of sp³-hybridized carbons (Fsp3) is 0.475. The zero-order valence-electron chi connectivity index (χ0n) is 30.1. The van der Waals surface area contributed by atoms with Crippen LogP contribution in [0.15, 0.2) is 113 Å². The van der Waals surface area contributed by atoms with Crippen LogP contribution in [0.1, 0.15) is 80.6 Å². The van der Waals surface area contributed by atoms with Crippen molar-refractivity contribution in [3.05, 3.63) is 108 Å². The molecule has 47 heavy (non-hydrogen) atoms. The molecule has 0 aromatic carbocycles. The number of nitrogens with zero attached hydrogens (tertiary/aromatic N) is 4. The van der Waals surface area contributed by atoms with E-state index in [-0.39, 0.29) is 12.2 Å². The van der Waals surface area contributed by atoms with Crippen LogP contribution in [-0.2, 0) is 9.47 Å². The maximum atomic E-state index is 13.0. The van der Waals surface area contributed by atoms with Gasteiger partial charge in [-0.3, -0.25) is 4.99 Å². The lowest BCUT2D eigenvalue weighted by Crippen LogP contribution is -2.39. The second-order valence-electron chi connectivity index (χ2n) is 13.5. The fourth-order valence-electron chi connectivity index (χ4n) is 5.65. The molecule has 2 heterocycles. The zero-order chi connectivity index (χ0) is 35.3. The number of aliphatic imine (C=N–C) groups is 1. The Hall–Kier alpha value is -4.15. The van der Waals surface area contributed by atoms with E-state index in [1.54, 1.807) is 36.3 Å². The predicted molar refractivity (Wildman–Crippen MR) is 196 cm³/mol. The minimum Gasteiger partial charge on any atom is -0.444 e. The van der Waals surface area contributed by atoms with Gasteiger partial charge in [-0.2, -0.15) is 5.26 Å². The molecule has 0 radical (unpaired) electrons. The van der Waals surface area contributed by atoms with Crippen LogP contribution >= 0.6 is 0 Å². The lowest BCUT2D eigenvalue weighted by molar-refractivity contribution is 0.0226. The third-order valence-electron chi connectivity index (χ3n) is 7.66. The topological polar surface area (TPSA) is 78.2 Å². The Bertz CT molecular complexity index is 1440. The summed E-state index contributed by atoms with van der Waals surface area (Å²) in [4.78, 5) is 21.6. The second kappa shape index (κ2) is 18.3. The lowest BCUT2D eigenvalue weighted by atomic mass is 9.85. The molecule has 0 fully saturated rings. The number of hydrogen-bond acceptors (Lipinski definition) is 5. The van der Waals surface area contributed by atoms with Crippen molar-refractivity contribution in [1.82, 2.24) is 9.80 Å². The Balaban J connectivity index is 2.64. The number of allylic oxidation sites excluding steroid dienone is 9. The van der Waals surface area contributed by atoms with Crippen molar-refractivity contribution in [2.24, 2.45) is 10.9 Å². The SMILES string of the molecule is C=C/C=C(C#N)\C=C(/C=C)N1C=C(/C2=C\CCO[C@H](C)CC2)C(=C(/C(=C)C)C(=C)CCCN(CC(C)C)C(=O)OC(C)(C)C)/C1=N\C. The molecule has 0 aromatic rings. The first-order chi connectivity index (χ1) is 22.2. The van der Waals surface area contributed by atoms with Gasteiger partial charge in [-0.25, -0.2) is 4.79 Å². The average molecular weight is 641 g/mol. The lowest BCUT2D eigenvalue weighted by Gasteiger charge is -2.29. The van der Waals surface area contributed by atoms with E-state index in [1.807, 2.05) is 32.6 Å². The van der Waals surface area contributed by atoms with Crippen LogP contribution in [-0.4, -0.2) is 60.2 Å². The maximum absolute atomic E-state index is 13.0. The van der Waals surface area contributed by atoms with Gasteiger partial charge in [0.05, 0.1) is 24.4 Å². The van der Waals surface area contributed by atoms with Crippen LogP contribution in [0.4, 0.5) is 4.79 Å². The molecule has 2 aliphatic rings. The van der Waals surface area contributed by atoms with Crippen LogP contribution in [0, 0.1) is 17.2 Å². The van der Waals surface area contributed by atoms with Gasteiger partial charge in [0.1, 0.15) is 11.4 Å². The van der Waals surface area contributed by atoms with Gasteiger partial charge in [-0.15, -0.1) is 0 Å². The number of carbonyl (C=O) groups is 1. The molecule has 0 aliphatic carbocycles. The number of nitriles is 1. The molecule has 0 saturated heterocycles. The summed E-state index contributed by atoms with van der Waals surface area (Å²) < 4.78 is 11.6. The summed E-state index contributed by atoms with van der Waals surface area (Å²) in [5, 5.41) is 9.76. The molecular weight excluding hydrogens is 584 g/mol. The van der Waals surface area contributed by atoms with Gasteiger partial charge >= 0.3 is 6.09 Å². The third kappa shape index (κ3) is 11.6. The Morgan fingerprint density at radius 3 is 2.55 bits per heavy atom. The van der Waals surface area contributed by atoms with E-state index in [0.29, 0.717) is 49.7 Å². The van der Waals surface area contributed by atoms with Gasteiger partial charge in [0.2, 0.25) is 0 Å². The zero-order valence-corrected chi connectivity index (χ0v) is 30.1. The van der Waals surface area contributed by atoms with Crippen LogP contribution < -0.4 is 0 Å². The first kappa shape index (κ1) is 39.0. The number of carbonyl (C=O) groups excluding carboxylic acids is 1. The Morgan fingerprint density at radius 2 is 2.00 bits per heavy atom. The molecule has 0 N–H and O–H groups in total. The van der Waals surface area contributed by atoms with Crippen molar-refractivity contribution in [3.63, 3.8) is 0 Å². The standard InChI is InChI=1S/C40H56N4O3/c1-13-17-32(25-41)24-34(14-2)44-27-35(33-19-16-23-46-31(8)20-21-33)37(38(44)42-12)36(29(5)6)30(7)18-15-22-43(26-28(3)4)39(45)47-40(9,10)11/h13-14,17,19,24,27-28,31H,1-2,5,7,15-16,18,20-23,26H2,3-4,6,8-12H3/b32-17+,33-19-,34-24+,37-36+,42-38+/t31-/m1/s1. The van der Waals surface area contributed by atoms with Crippen LogP contribution in [0.5, 0.6) is 0 Å². The number of hydrogen-bond donors (Lipinski definition) is 0. The van der Waals surface area contributed by atoms with E-state index in [4.69, 9.17) is 14.5 Å². The Labute approximate surface area is 284 Å². The van der Waals surface area contributed by atoms with Crippen molar-refractivity contribution in [2.45, 2.75) is 92.3 Å². The molecular formula is C40H56N4O3. The highest BCUT2D eigenvalue weighted by Gasteiger charge is 2.33.